The average molecular weight is 231 g/mol. The van der Waals surface area contributed by atoms with Crippen LogP contribution in [0.2, 0.25) is 0 Å². The highest BCUT2D eigenvalue weighted by Crippen LogP contribution is 2.33. The molecule has 0 atom stereocenters. The van der Waals surface area contributed by atoms with E-state index in [0.29, 0.717) is 24.6 Å². The summed E-state index contributed by atoms with van der Waals surface area (Å²) in [5.74, 6) is 1.22. The molecule has 3 rings (SSSR count). The number of carbonyl (C=O) groups is 1. The smallest absolute Gasteiger partial charge is 0.223 e. The molecule has 1 aliphatic heterocycles. The predicted molar refractivity (Wildman–Crippen MR) is 64.6 cm³/mol. The second-order valence-electron chi connectivity index (χ2n) is 5.17. The molecule has 1 aliphatic carbocycles. The number of amides is 1. The summed E-state index contributed by atoms with van der Waals surface area (Å²) in [6.07, 6.45) is 4.06. The molecule has 1 amide bonds. The van der Waals surface area contributed by atoms with Gasteiger partial charge in [0.05, 0.1) is 0 Å². The van der Waals surface area contributed by atoms with E-state index in [9.17, 15) is 9.90 Å². The van der Waals surface area contributed by atoms with E-state index in [-0.39, 0.29) is 5.91 Å². The Bertz CT molecular complexity index is 452. The van der Waals surface area contributed by atoms with Crippen LogP contribution in [0.5, 0.6) is 5.75 Å². The van der Waals surface area contributed by atoms with Gasteiger partial charge in [0.15, 0.2) is 0 Å². The number of carbonyl (C=O) groups excluding carboxylic acids is 1. The Labute approximate surface area is 101 Å². The maximum atomic E-state index is 12.0. The third-order valence-corrected chi connectivity index (χ3v) is 3.72. The number of nitrogens with zero attached hydrogens (tertiary/aromatic N) is 1. The molecule has 0 unspecified atom stereocenters. The van der Waals surface area contributed by atoms with E-state index >= 15 is 0 Å². The molecule has 0 bridgehead atoms. The van der Waals surface area contributed by atoms with Crippen molar-refractivity contribution in [2.45, 2.75) is 32.2 Å². The Morgan fingerprint density at radius 1 is 1.35 bits per heavy atom. The highest BCUT2D eigenvalue weighted by Gasteiger charge is 2.28. The summed E-state index contributed by atoms with van der Waals surface area (Å²) >= 11 is 0. The Hall–Kier alpha value is -1.51. The lowest BCUT2D eigenvalue weighted by Crippen LogP contribution is -2.36. The van der Waals surface area contributed by atoms with Gasteiger partial charge in [-0.2, -0.15) is 0 Å². The first-order chi connectivity index (χ1) is 8.22. The van der Waals surface area contributed by atoms with Gasteiger partial charge in [0.1, 0.15) is 5.75 Å². The van der Waals surface area contributed by atoms with E-state index < -0.39 is 0 Å². The largest absolute Gasteiger partial charge is 0.508 e. The number of phenolic OH excluding ortho intramolecular Hbond substituents is 1. The number of rotatable bonds is 2. The summed E-state index contributed by atoms with van der Waals surface area (Å²) in [4.78, 5) is 13.9. The fraction of sp³-hybridized carbons (Fsp3) is 0.500. The van der Waals surface area contributed by atoms with E-state index in [1.165, 1.54) is 18.4 Å². The van der Waals surface area contributed by atoms with Gasteiger partial charge in [-0.3, -0.25) is 4.79 Å². The molecular weight excluding hydrogens is 214 g/mol. The zero-order chi connectivity index (χ0) is 11.8. The molecule has 1 aromatic carbocycles. The van der Waals surface area contributed by atoms with Gasteiger partial charge in [-0.05, 0) is 48.4 Å². The predicted octanol–water partition coefficient (Wildman–Crippen LogP) is 2.08. The first kappa shape index (κ1) is 10.6. The number of phenols is 1. The van der Waals surface area contributed by atoms with Crippen molar-refractivity contribution in [1.29, 1.82) is 0 Å². The normalized spacial score (nSPS) is 18.9. The van der Waals surface area contributed by atoms with Crippen molar-refractivity contribution in [1.82, 2.24) is 4.90 Å². The van der Waals surface area contributed by atoms with Crippen LogP contribution in [0, 0.1) is 5.92 Å². The van der Waals surface area contributed by atoms with Gasteiger partial charge in [-0.15, -0.1) is 0 Å². The van der Waals surface area contributed by atoms with Crippen LogP contribution in [0.15, 0.2) is 18.2 Å². The number of aromatic hydroxyl groups is 1. The molecule has 1 heterocycles. The topological polar surface area (TPSA) is 40.5 Å². The van der Waals surface area contributed by atoms with Crippen molar-refractivity contribution in [2.24, 2.45) is 5.92 Å². The molecule has 0 saturated heterocycles. The van der Waals surface area contributed by atoms with E-state index in [0.717, 1.165) is 18.5 Å². The highest BCUT2D eigenvalue weighted by atomic mass is 16.3. The quantitative estimate of drug-likeness (QED) is 0.846. The number of fused-ring (bicyclic) bond motifs is 1. The summed E-state index contributed by atoms with van der Waals surface area (Å²) in [6.45, 7) is 1.48. The van der Waals surface area contributed by atoms with Gasteiger partial charge in [0.2, 0.25) is 5.91 Å². The Balaban J connectivity index is 1.72. The summed E-state index contributed by atoms with van der Waals surface area (Å²) in [7, 11) is 0. The highest BCUT2D eigenvalue weighted by molar-refractivity contribution is 5.77. The second kappa shape index (κ2) is 4.06. The van der Waals surface area contributed by atoms with Gasteiger partial charge in [-0.1, -0.05) is 6.07 Å². The van der Waals surface area contributed by atoms with E-state index in [1.54, 1.807) is 12.1 Å². The molecule has 17 heavy (non-hydrogen) atoms. The third kappa shape index (κ3) is 2.28. The van der Waals surface area contributed by atoms with E-state index in [1.807, 2.05) is 11.0 Å². The summed E-state index contributed by atoms with van der Waals surface area (Å²) in [5.41, 5.74) is 2.36. The number of hydrogen-bond acceptors (Lipinski definition) is 2. The SMILES string of the molecule is O=C(CC1CC1)N1CCc2ccc(O)cc2C1. The second-order valence-corrected chi connectivity index (χ2v) is 5.17. The molecule has 0 spiro atoms. The summed E-state index contributed by atoms with van der Waals surface area (Å²) in [6, 6.07) is 5.47. The van der Waals surface area contributed by atoms with Crippen molar-refractivity contribution in [3.05, 3.63) is 29.3 Å². The maximum Gasteiger partial charge on any atom is 0.223 e. The Kier molecular flexibility index (Phi) is 2.54. The molecule has 2 aliphatic rings. The van der Waals surface area contributed by atoms with Gasteiger partial charge in [0.25, 0.3) is 0 Å². The van der Waals surface area contributed by atoms with E-state index in [4.69, 9.17) is 0 Å². The molecule has 1 aromatic rings. The fourth-order valence-corrected chi connectivity index (χ4v) is 2.45. The molecule has 3 nitrogen and oxygen atoms in total. The maximum absolute atomic E-state index is 12.0. The molecule has 0 radical (unpaired) electrons. The minimum Gasteiger partial charge on any atom is -0.508 e. The van der Waals surface area contributed by atoms with Crippen LogP contribution in [0.25, 0.3) is 0 Å². The zero-order valence-electron chi connectivity index (χ0n) is 9.85. The molecular formula is C14H17NO2. The standard InChI is InChI=1S/C14H17NO2/c16-13-4-3-11-5-6-15(9-12(11)8-13)14(17)7-10-1-2-10/h3-4,8,10,16H,1-2,5-7,9H2. The van der Waals surface area contributed by atoms with Gasteiger partial charge >= 0.3 is 0 Å². The Morgan fingerprint density at radius 3 is 2.94 bits per heavy atom. The molecule has 1 fully saturated rings. The van der Waals surface area contributed by atoms with Crippen LogP contribution in [0.1, 0.15) is 30.4 Å². The van der Waals surface area contributed by atoms with Crippen LogP contribution < -0.4 is 0 Å². The first-order valence-corrected chi connectivity index (χ1v) is 6.31. The monoisotopic (exact) mass is 231 g/mol. The minimum atomic E-state index is 0.279. The lowest BCUT2D eigenvalue weighted by atomic mass is 9.99. The van der Waals surface area contributed by atoms with E-state index in [2.05, 4.69) is 0 Å². The number of benzene rings is 1. The van der Waals surface area contributed by atoms with Crippen molar-refractivity contribution in [3.63, 3.8) is 0 Å². The molecule has 0 aromatic heterocycles. The summed E-state index contributed by atoms with van der Waals surface area (Å²) < 4.78 is 0. The van der Waals surface area contributed by atoms with Crippen LogP contribution in [0.3, 0.4) is 0 Å². The van der Waals surface area contributed by atoms with Gasteiger partial charge in [0, 0.05) is 19.5 Å². The van der Waals surface area contributed by atoms with Crippen LogP contribution in [-0.4, -0.2) is 22.5 Å². The first-order valence-electron chi connectivity index (χ1n) is 6.31. The lowest BCUT2D eigenvalue weighted by Gasteiger charge is -2.29. The number of hydrogen-bond donors (Lipinski definition) is 1. The molecule has 3 heteroatoms. The Morgan fingerprint density at radius 2 is 2.18 bits per heavy atom. The molecule has 1 saturated carbocycles. The van der Waals surface area contributed by atoms with Crippen LogP contribution >= 0.6 is 0 Å². The minimum absolute atomic E-state index is 0.279. The molecule has 90 valence electrons. The van der Waals surface area contributed by atoms with Gasteiger partial charge < -0.3 is 10.0 Å². The van der Waals surface area contributed by atoms with Crippen molar-refractivity contribution in [3.8, 4) is 5.75 Å². The fourth-order valence-electron chi connectivity index (χ4n) is 2.45. The van der Waals surface area contributed by atoms with Crippen molar-refractivity contribution >= 4 is 5.91 Å². The van der Waals surface area contributed by atoms with Crippen molar-refractivity contribution < 1.29 is 9.90 Å². The zero-order valence-corrected chi connectivity index (χ0v) is 9.85. The third-order valence-electron chi connectivity index (χ3n) is 3.72. The molecule has 1 N–H and O–H groups in total. The van der Waals surface area contributed by atoms with Crippen LogP contribution in [0.4, 0.5) is 0 Å². The van der Waals surface area contributed by atoms with Gasteiger partial charge in [-0.25, -0.2) is 0 Å². The summed E-state index contributed by atoms with van der Waals surface area (Å²) in [5, 5.41) is 9.47. The van der Waals surface area contributed by atoms with Crippen molar-refractivity contribution in [2.75, 3.05) is 6.54 Å². The lowest BCUT2D eigenvalue weighted by molar-refractivity contribution is -0.132. The van der Waals surface area contributed by atoms with Crippen LogP contribution in [-0.2, 0) is 17.8 Å². The average Bonchev–Trinajstić information content (AvgIpc) is 3.12.